The molecule has 0 saturated carbocycles. The number of amides is 1. The maximum absolute atomic E-state index is 11.8. The second kappa shape index (κ2) is 16.0. The molecule has 2 aromatic carbocycles. The Bertz CT molecular complexity index is 1570. The number of aromatic nitrogens is 2. The Balaban J connectivity index is 0.000000248. The predicted molar refractivity (Wildman–Crippen MR) is 173 cm³/mol. The van der Waals surface area contributed by atoms with Crippen LogP contribution in [0.3, 0.4) is 0 Å². The summed E-state index contributed by atoms with van der Waals surface area (Å²) in [5.74, 6) is -0.169. The molecule has 2 aromatic heterocycles. The zero-order valence-electron chi connectivity index (χ0n) is 26.1. The van der Waals surface area contributed by atoms with Crippen molar-refractivity contribution in [2.24, 2.45) is 5.73 Å². The van der Waals surface area contributed by atoms with Crippen molar-refractivity contribution < 1.29 is 28.6 Å². The molecule has 6 N–H and O–H groups in total. The van der Waals surface area contributed by atoms with Gasteiger partial charge in [0.05, 0.1) is 14.2 Å². The molecule has 4 rings (SSSR count). The van der Waals surface area contributed by atoms with E-state index >= 15 is 0 Å². The average Bonchev–Trinajstić information content (AvgIpc) is 3.01. The van der Waals surface area contributed by atoms with Crippen molar-refractivity contribution in [1.82, 2.24) is 15.3 Å². The molecule has 0 aliphatic heterocycles. The second-order valence-electron chi connectivity index (χ2n) is 11.1. The minimum Gasteiger partial charge on any atom is -0.468 e. The highest BCUT2D eigenvalue weighted by Crippen LogP contribution is 2.23. The molecule has 1 amide bonds. The van der Waals surface area contributed by atoms with E-state index in [2.05, 4.69) is 25.3 Å². The highest BCUT2D eigenvalue weighted by atomic mass is 16.6. The van der Waals surface area contributed by atoms with E-state index < -0.39 is 35.7 Å². The molecular weight excluding hydrogens is 576 g/mol. The van der Waals surface area contributed by atoms with Gasteiger partial charge in [0, 0.05) is 47.2 Å². The summed E-state index contributed by atoms with van der Waals surface area (Å²) in [7, 11) is 2.61. The van der Waals surface area contributed by atoms with Crippen molar-refractivity contribution in [3.05, 3.63) is 90.4 Å². The summed E-state index contributed by atoms with van der Waals surface area (Å²) in [6, 6.07) is 17.2. The summed E-state index contributed by atoms with van der Waals surface area (Å²) in [5.41, 5.74) is 14.1. The Morgan fingerprint density at radius 3 is 2.09 bits per heavy atom. The number of carbonyl (C=O) groups is 3. The summed E-state index contributed by atoms with van der Waals surface area (Å²) >= 11 is 0. The Morgan fingerprint density at radius 2 is 1.47 bits per heavy atom. The van der Waals surface area contributed by atoms with Gasteiger partial charge < -0.3 is 36.3 Å². The number of hydrogen-bond donors (Lipinski definition) is 4. The van der Waals surface area contributed by atoms with Gasteiger partial charge in [-0.2, -0.15) is 0 Å². The number of pyridine rings is 2. The lowest BCUT2D eigenvalue weighted by Gasteiger charge is -2.22. The monoisotopic (exact) mass is 616 g/mol. The highest BCUT2D eigenvalue weighted by Gasteiger charge is 2.25. The Labute approximate surface area is 262 Å². The fourth-order valence-corrected chi connectivity index (χ4v) is 4.14. The number of fused-ring (bicyclic) bond motifs is 1. The van der Waals surface area contributed by atoms with E-state index in [0.29, 0.717) is 18.5 Å². The zero-order valence-corrected chi connectivity index (χ0v) is 26.1. The number of nitrogens with one attached hydrogen (secondary N) is 2. The number of benzene rings is 2. The van der Waals surface area contributed by atoms with Crippen molar-refractivity contribution in [3.8, 4) is 0 Å². The Kier molecular flexibility index (Phi) is 12.2. The van der Waals surface area contributed by atoms with E-state index in [-0.39, 0.29) is 0 Å². The molecular formula is C33H40N6O6. The summed E-state index contributed by atoms with van der Waals surface area (Å²) < 4.78 is 14.5. The third kappa shape index (κ3) is 11.1. The van der Waals surface area contributed by atoms with Crippen LogP contribution >= 0.6 is 0 Å². The summed E-state index contributed by atoms with van der Waals surface area (Å²) in [6.07, 6.45) is 5.37. The number of ether oxygens (including phenoxy) is 3. The van der Waals surface area contributed by atoms with Crippen LogP contribution in [-0.2, 0) is 36.6 Å². The number of carbonyl (C=O) groups excluding carboxylic acids is 3. The van der Waals surface area contributed by atoms with Gasteiger partial charge in [-0.15, -0.1) is 0 Å². The van der Waals surface area contributed by atoms with Crippen LogP contribution in [0, 0.1) is 0 Å². The van der Waals surface area contributed by atoms with E-state index in [9.17, 15) is 14.4 Å². The first-order valence-electron chi connectivity index (χ1n) is 14.2. The standard InChI is InChI=1S/C18H18N4O2.C15H22N2O4/c1-24-18(23)16(19)10-12-2-4-14(5-3-12)22-17-15-7-8-20-11-13(15)6-9-21-17;1-15(2,3)21-14(19)17-12(13(18)20-4)9-10-5-7-11(16)8-6-10/h2-9,11,16H,10,19H2,1H3,(H,21,22);5-8,12H,9,16H2,1-4H3,(H,17,19)/t16-;12-/m00/s1. The summed E-state index contributed by atoms with van der Waals surface area (Å²) in [4.78, 5) is 43.4. The van der Waals surface area contributed by atoms with Gasteiger partial charge in [-0.1, -0.05) is 24.3 Å². The lowest BCUT2D eigenvalue weighted by atomic mass is 10.1. The lowest BCUT2D eigenvalue weighted by molar-refractivity contribution is -0.143. The van der Waals surface area contributed by atoms with Crippen LogP contribution < -0.4 is 22.1 Å². The average molecular weight is 617 g/mol. The maximum Gasteiger partial charge on any atom is 0.408 e. The largest absolute Gasteiger partial charge is 0.468 e. The molecule has 12 nitrogen and oxygen atoms in total. The molecule has 45 heavy (non-hydrogen) atoms. The van der Waals surface area contributed by atoms with E-state index in [1.807, 2.05) is 36.4 Å². The zero-order chi connectivity index (χ0) is 33.0. The quantitative estimate of drug-likeness (QED) is 0.120. The van der Waals surface area contributed by atoms with Crippen LogP contribution in [0.5, 0.6) is 0 Å². The first kappa shape index (κ1) is 34.3. The van der Waals surface area contributed by atoms with Gasteiger partial charge in [-0.25, -0.2) is 14.6 Å². The minimum absolute atomic E-state index is 0.298. The van der Waals surface area contributed by atoms with Crippen molar-refractivity contribution in [3.63, 3.8) is 0 Å². The van der Waals surface area contributed by atoms with Gasteiger partial charge in [0.1, 0.15) is 23.5 Å². The molecule has 0 saturated heterocycles. The number of anilines is 3. The first-order valence-corrected chi connectivity index (χ1v) is 14.2. The third-order valence-electron chi connectivity index (χ3n) is 6.34. The highest BCUT2D eigenvalue weighted by molar-refractivity contribution is 5.92. The molecule has 2 heterocycles. The van der Waals surface area contributed by atoms with Crippen LogP contribution in [0.25, 0.3) is 10.8 Å². The molecule has 0 unspecified atom stereocenters. The molecule has 0 spiro atoms. The van der Waals surface area contributed by atoms with Gasteiger partial charge in [0.25, 0.3) is 0 Å². The fourth-order valence-electron chi connectivity index (χ4n) is 4.14. The van der Waals surface area contributed by atoms with Crippen molar-refractivity contribution in [2.75, 3.05) is 25.3 Å². The minimum atomic E-state index is -0.812. The SMILES string of the molecule is COC(=O)[C@@H](N)Cc1ccc(Nc2nccc3cnccc23)cc1.COC(=O)[C@H](Cc1ccc(N)cc1)NC(=O)OC(C)(C)C. The van der Waals surface area contributed by atoms with Crippen LogP contribution in [0.4, 0.5) is 22.0 Å². The number of rotatable bonds is 9. The molecule has 2 atom stereocenters. The topological polar surface area (TPSA) is 181 Å². The van der Waals surface area contributed by atoms with Gasteiger partial charge in [0.2, 0.25) is 0 Å². The maximum atomic E-state index is 11.8. The predicted octanol–water partition coefficient (Wildman–Crippen LogP) is 4.29. The molecule has 0 aliphatic carbocycles. The van der Waals surface area contributed by atoms with E-state index in [1.165, 1.54) is 14.2 Å². The van der Waals surface area contributed by atoms with Crippen LogP contribution in [0.1, 0.15) is 31.9 Å². The lowest BCUT2D eigenvalue weighted by Crippen LogP contribution is -2.45. The van der Waals surface area contributed by atoms with Crippen LogP contribution in [0.2, 0.25) is 0 Å². The number of alkyl carbamates (subject to hydrolysis) is 1. The van der Waals surface area contributed by atoms with E-state index in [4.69, 9.17) is 20.9 Å². The van der Waals surface area contributed by atoms with Gasteiger partial charge in [0.15, 0.2) is 0 Å². The molecule has 0 fully saturated rings. The molecule has 12 heteroatoms. The molecule has 0 aliphatic rings. The summed E-state index contributed by atoms with van der Waals surface area (Å²) in [5, 5.41) is 7.85. The molecule has 0 bridgehead atoms. The van der Waals surface area contributed by atoms with Crippen molar-refractivity contribution in [1.29, 1.82) is 0 Å². The van der Waals surface area contributed by atoms with Gasteiger partial charge in [-0.3, -0.25) is 9.78 Å². The van der Waals surface area contributed by atoms with Crippen molar-refractivity contribution >= 4 is 46.0 Å². The van der Waals surface area contributed by atoms with Crippen molar-refractivity contribution in [2.45, 2.75) is 51.3 Å². The first-order chi connectivity index (χ1) is 21.4. The van der Waals surface area contributed by atoms with E-state index in [0.717, 1.165) is 33.4 Å². The number of nitrogen functional groups attached to an aromatic ring is 1. The molecule has 238 valence electrons. The van der Waals surface area contributed by atoms with Gasteiger partial charge in [-0.05, 0) is 74.7 Å². The number of nitrogens with zero attached hydrogens (tertiary/aromatic N) is 2. The van der Waals surface area contributed by atoms with Gasteiger partial charge >= 0.3 is 18.0 Å². The van der Waals surface area contributed by atoms with Crippen LogP contribution in [0.15, 0.2) is 79.3 Å². The normalized spacial score (nSPS) is 12.1. The second-order valence-corrected chi connectivity index (χ2v) is 11.1. The molecule has 4 aromatic rings. The Morgan fingerprint density at radius 1 is 0.844 bits per heavy atom. The smallest absolute Gasteiger partial charge is 0.408 e. The number of methoxy groups -OCH3 is 2. The van der Waals surface area contributed by atoms with E-state index in [1.54, 1.807) is 63.6 Å². The Hall–Kier alpha value is -5.23. The number of hydrogen-bond acceptors (Lipinski definition) is 11. The number of esters is 2. The fraction of sp³-hybridized carbons (Fsp3) is 0.303. The third-order valence-corrected chi connectivity index (χ3v) is 6.34. The number of nitrogens with two attached hydrogens (primary N) is 2. The molecule has 0 radical (unpaired) electrons. The van der Waals surface area contributed by atoms with Crippen LogP contribution in [-0.4, -0.2) is 59.9 Å². The summed E-state index contributed by atoms with van der Waals surface area (Å²) in [6.45, 7) is 5.25.